The maximum atomic E-state index is 6.23. The van der Waals surface area contributed by atoms with E-state index in [-0.39, 0.29) is 0 Å². The Labute approximate surface area is 284 Å². The van der Waals surface area contributed by atoms with Crippen molar-refractivity contribution < 1.29 is 4.42 Å². The van der Waals surface area contributed by atoms with Gasteiger partial charge in [0.2, 0.25) is 0 Å². The number of nitrogens with zero attached hydrogens (tertiary/aromatic N) is 2. The van der Waals surface area contributed by atoms with Crippen molar-refractivity contribution >= 4 is 104 Å². The molecule has 0 bridgehead atoms. The molecular formula is C42H27BrN2OS. The van der Waals surface area contributed by atoms with Crippen LogP contribution in [0.25, 0.3) is 42.1 Å². The Hall–Kier alpha value is -5.36. The van der Waals surface area contributed by atoms with Gasteiger partial charge in [-0.05, 0) is 91.0 Å². The minimum absolute atomic E-state index is 0.878. The second-order valence-electron chi connectivity index (χ2n) is 11.6. The lowest BCUT2D eigenvalue weighted by molar-refractivity contribution is 0.669. The van der Waals surface area contributed by atoms with Gasteiger partial charge in [0.1, 0.15) is 11.2 Å². The molecule has 5 heteroatoms. The molecule has 47 heavy (non-hydrogen) atoms. The SMILES string of the molecule is Brc1cc(N(c2ccccc2)c2ccccc2)cc(N(c2ccc3oc4ccccc4c3c2)c2ccc3sc4ccccc4c3c2)c1. The summed E-state index contributed by atoms with van der Waals surface area (Å²) in [4.78, 5) is 4.66. The summed E-state index contributed by atoms with van der Waals surface area (Å²) in [6, 6.07) is 58.0. The number of halogens is 1. The topological polar surface area (TPSA) is 19.6 Å². The van der Waals surface area contributed by atoms with Gasteiger partial charge in [-0.3, -0.25) is 0 Å². The molecule has 9 aromatic rings. The van der Waals surface area contributed by atoms with E-state index < -0.39 is 0 Å². The third kappa shape index (κ3) is 4.96. The van der Waals surface area contributed by atoms with Crippen molar-refractivity contribution in [1.82, 2.24) is 0 Å². The normalized spacial score (nSPS) is 11.5. The summed E-state index contributed by atoms with van der Waals surface area (Å²) in [5, 5.41) is 4.74. The van der Waals surface area contributed by atoms with Gasteiger partial charge >= 0.3 is 0 Å². The summed E-state index contributed by atoms with van der Waals surface area (Å²) in [6.07, 6.45) is 0. The van der Waals surface area contributed by atoms with Gasteiger partial charge in [-0.15, -0.1) is 11.3 Å². The van der Waals surface area contributed by atoms with Crippen LogP contribution in [0.2, 0.25) is 0 Å². The zero-order valence-corrected chi connectivity index (χ0v) is 27.6. The Kier molecular flexibility index (Phi) is 6.81. The summed E-state index contributed by atoms with van der Waals surface area (Å²) in [7, 11) is 0. The van der Waals surface area contributed by atoms with E-state index in [0.717, 1.165) is 60.5 Å². The molecule has 0 fully saturated rings. The molecule has 0 aliphatic heterocycles. The number of benzene rings is 7. The Bertz CT molecular complexity index is 2400. The van der Waals surface area contributed by atoms with E-state index in [1.165, 1.54) is 20.2 Å². The maximum Gasteiger partial charge on any atom is 0.135 e. The van der Waals surface area contributed by atoms with Crippen LogP contribution in [0, 0.1) is 0 Å². The summed E-state index contributed by atoms with van der Waals surface area (Å²) >= 11 is 5.74. The van der Waals surface area contributed by atoms with Crippen molar-refractivity contribution in [3.63, 3.8) is 0 Å². The van der Waals surface area contributed by atoms with Gasteiger partial charge in [0, 0.05) is 69.5 Å². The highest BCUT2D eigenvalue weighted by Crippen LogP contribution is 2.45. The fourth-order valence-corrected chi connectivity index (χ4v) is 8.13. The van der Waals surface area contributed by atoms with Gasteiger partial charge in [-0.1, -0.05) is 88.7 Å². The van der Waals surface area contributed by atoms with Crippen LogP contribution < -0.4 is 9.80 Å². The monoisotopic (exact) mass is 686 g/mol. The smallest absolute Gasteiger partial charge is 0.135 e. The van der Waals surface area contributed by atoms with Crippen LogP contribution in [0.1, 0.15) is 0 Å². The van der Waals surface area contributed by atoms with Crippen molar-refractivity contribution in [2.45, 2.75) is 0 Å². The summed E-state index contributed by atoms with van der Waals surface area (Å²) in [6.45, 7) is 0. The number of fused-ring (bicyclic) bond motifs is 6. The number of hydrogen-bond donors (Lipinski definition) is 0. The minimum Gasteiger partial charge on any atom is -0.456 e. The maximum absolute atomic E-state index is 6.23. The molecule has 7 aromatic carbocycles. The van der Waals surface area contributed by atoms with Crippen LogP contribution in [0.15, 0.2) is 173 Å². The lowest BCUT2D eigenvalue weighted by Crippen LogP contribution is -2.13. The third-order valence-corrected chi connectivity index (χ3v) is 10.3. The average Bonchev–Trinajstić information content (AvgIpc) is 3.67. The average molecular weight is 688 g/mol. The second kappa shape index (κ2) is 11.5. The van der Waals surface area contributed by atoms with Gasteiger partial charge in [0.25, 0.3) is 0 Å². The molecule has 0 saturated heterocycles. The standard InChI is InChI=1S/C42H27BrN2OS/c43-28-23-33(44(29-11-3-1-4-12-29)30-13-5-2-6-14-30)25-34(24-28)45(31-19-21-40-37(26-31)35-15-7-9-17-39(35)46-40)32-20-22-42-38(27-32)36-16-8-10-18-41(36)47-42/h1-27H. The Morgan fingerprint density at radius 2 is 0.915 bits per heavy atom. The molecule has 2 aromatic heterocycles. The van der Waals surface area contributed by atoms with E-state index >= 15 is 0 Å². The van der Waals surface area contributed by atoms with Crippen molar-refractivity contribution in [2.24, 2.45) is 0 Å². The van der Waals surface area contributed by atoms with Crippen LogP contribution in [0.4, 0.5) is 34.1 Å². The van der Waals surface area contributed by atoms with Crippen molar-refractivity contribution in [3.8, 4) is 0 Å². The largest absolute Gasteiger partial charge is 0.456 e. The zero-order valence-electron chi connectivity index (χ0n) is 25.2. The molecule has 9 rings (SSSR count). The molecule has 0 spiro atoms. The second-order valence-corrected chi connectivity index (χ2v) is 13.6. The van der Waals surface area contributed by atoms with Gasteiger partial charge in [0.15, 0.2) is 0 Å². The number of hydrogen-bond acceptors (Lipinski definition) is 4. The van der Waals surface area contributed by atoms with E-state index in [1.807, 2.05) is 23.5 Å². The van der Waals surface area contributed by atoms with Crippen LogP contribution in [0.3, 0.4) is 0 Å². The number of thiophene rings is 1. The van der Waals surface area contributed by atoms with Gasteiger partial charge in [0.05, 0.1) is 0 Å². The summed E-state index contributed by atoms with van der Waals surface area (Å²) in [5.41, 5.74) is 8.18. The first-order valence-electron chi connectivity index (χ1n) is 15.5. The van der Waals surface area contributed by atoms with Crippen LogP contribution in [-0.2, 0) is 0 Å². The number of rotatable bonds is 6. The molecule has 0 amide bonds. The number of para-hydroxylation sites is 3. The van der Waals surface area contributed by atoms with Gasteiger partial charge in [-0.25, -0.2) is 0 Å². The predicted molar refractivity (Wildman–Crippen MR) is 204 cm³/mol. The van der Waals surface area contributed by atoms with E-state index in [2.05, 4.69) is 177 Å². The third-order valence-electron chi connectivity index (χ3n) is 8.65. The first-order chi connectivity index (χ1) is 23.2. The van der Waals surface area contributed by atoms with E-state index in [4.69, 9.17) is 4.42 Å². The van der Waals surface area contributed by atoms with Crippen molar-refractivity contribution in [1.29, 1.82) is 0 Å². The fraction of sp³-hybridized carbons (Fsp3) is 0. The zero-order chi connectivity index (χ0) is 31.3. The summed E-state index contributed by atoms with van der Waals surface area (Å²) < 4.78 is 9.79. The molecule has 0 saturated carbocycles. The quantitative estimate of drug-likeness (QED) is 0.173. The van der Waals surface area contributed by atoms with Gasteiger partial charge < -0.3 is 14.2 Å². The minimum atomic E-state index is 0.878. The molecule has 0 radical (unpaired) electrons. The van der Waals surface area contributed by atoms with E-state index in [9.17, 15) is 0 Å². The highest BCUT2D eigenvalue weighted by atomic mass is 79.9. The molecule has 0 aliphatic carbocycles. The first kappa shape index (κ1) is 27.9. The van der Waals surface area contributed by atoms with Gasteiger partial charge in [-0.2, -0.15) is 0 Å². The molecule has 0 aliphatic rings. The van der Waals surface area contributed by atoms with E-state index in [0.29, 0.717) is 0 Å². The lowest BCUT2D eigenvalue weighted by Gasteiger charge is -2.30. The van der Waals surface area contributed by atoms with Crippen LogP contribution in [0.5, 0.6) is 0 Å². The van der Waals surface area contributed by atoms with Crippen LogP contribution in [-0.4, -0.2) is 0 Å². The lowest BCUT2D eigenvalue weighted by atomic mass is 10.1. The number of furan rings is 1. The molecule has 2 heterocycles. The number of anilines is 6. The van der Waals surface area contributed by atoms with Crippen molar-refractivity contribution in [3.05, 3.63) is 168 Å². The molecule has 0 atom stereocenters. The molecular weight excluding hydrogens is 660 g/mol. The first-order valence-corrected chi connectivity index (χ1v) is 17.1. The van der Waals surface area contributed by atoms with E-state index in [1.54, 1.807) is 0 Å². The fourth-order valence-electron chi connectivity index (χ4n) is 6.57. The molecule has 0 unspecified atom stereocenters. The highest BCUT2D eigenvalue weighted by molar-refractivity contribution is 9.10. The molecule has 224 valence electrons. The summed E-state index contributed by atoms with van der Waals surface area (Å²) in [5.74, 6) is 0. The Balaban J connectivity index is 1.29. The molecule has 3 nitrogen and oxygen atoms in total. The van der Waals surface area contributed by atoms with Crippen molar-refractivity contribution in [2.75, 3.05) is 9.80 Å². The Morgan fingerprint density at radius 1 is 0.383 bits per heavy atom. The highest BCUT2D eigenvalue weighted by Gasteiger charge is 2.20. The predicted octanol–water partition coefficient (Wildman–Crippen LogP) is 13.7. The molecule has 0 N–H and O–H groups in total. The Morgan fingerprint density at radius 3 is 1.64 bits per heavy atom. The van der Waals surface area contributed by atoms with Crippen LogP contribution >= 0.6 is 27.3 Å².